The Morgan fingerprint density at radius 1 is 0.730 bits per heavy atom. The second-order valence-corrected chi connectivity index (χ2v) is 11.2. The zero-order valence-electron chi connectivity index (χ0n) is 24.7. The number of carbonyl (C=O) groups is 2. The molecule has 2 unspecified atom stereocenters. The molecule has 7 nitrogen and oxygen atoms in total. The summed E-state index contributed by atoms with van der Waals surface area (Å²) in [5, 5.41) is 0. The van der Waals surface area contributed by atoms with E-state index in [1.165, 1.54) is 96.8 Å². The Morgan fingerprint density at radius 2 is 1.16 bits per heavy atom. The molecule has 0 radical (unpaired) electrons. The van der Waals surface area contributed by atoms with Gasteiger partial charge in [0, 0.05) is 13.5 Å². The molecule has 0 aliphatic rings. The van der Waals surface area contributed by atoms with E-state index < -0.39 is 24.1 Å². The number of amides is 1. The fourth-order valence-electron chi connectivity index (χ4n) is 4.17. The van der Waals surface area contributed by atoms with Crippen LogP contribution in [-0.2, 0) is 23.8 Å². The maximum Gasteiger partial charge on any atom is 0.303 e. The third kappa shape index (κ3) is 26.7. The lowest BCUT2D eigenvalue weighted by Crippen LogP contribution is -3.00. The van der Waals surface area contributed by atoms with Gasteiger partial charge in [0.25, 0.3) is 5.91 Å². The number of nitrogens with two attached hydrogens (primary N) is 1. The summed E-state index contributed by atoms with van der Waals surface area (Å²) < 4.78 is 17.5. The molecule has 2 N–H and O–H groups in total. The summed E-state index contributed by atoms with van der Waals surface area (Å²) in [5.41, 5.74) is 5.54. The topological polar surface area (TPSA) is 87.8 Å². The van der Waals surface area contributed by atoms with Gasteiger partial charge in [-0.15, -0.1) is 0 Å². The molecule has 0 saturated heterocycles. The first kappa shape index (κ1) is 38.4. The van der Waals surface area contributed by atoms with Crippen molar-refractivity contribution < 1.29 is 45.3 Å². The van der Waals surface area contributed by atoms with Gasteiger partial charge in [0.15, 0.2) is 12.2 Å². The van der Waals surface area contributed by atoms with Crippen molar-refractivity contribution in [1.29, 1.82) is 0 Å². The lowest BCUT2D eigenvalue weighted by Gasteiger charge is -2.26. The van der Waals surface area contributed by atoms with Crippen LogP contribution in [0.2, 0.25) is 0 Å². The molecule has 0 fully saturated rings. The molecule has 0 bridgehead atoms. The molecule has 0 spiro atoms. The zero-order valence-corrected chi connectivity index (χ0v) is 26.3. The second kappa shape index (κ2) is 25.6. The number of carbonyl (C=O) groups excluding carboxylic acids is 2. The highest BCUT2D eigenvalue weighted by atomic mass is 79.9. The molecule has 1 amide bonds. The van der Waals surface area contributed by atoms with Gasteiger partial charge >= 0.3 is 5.97 Å². The van der Waals surface area contributed by atoms with E-state index in [4.69, 9.17) is 19.9 Å². The Hall–Kier alpha value is -0.700. The average Bonchev–Trinajstić information content (AvgIpc) is 2.79. The van der Waals surface area contributed by atoms with E-state index in [2.05, 4.69) is 28.1 Å². The van der Waals surface area contributed by atoms with E-state index in [0.717, 1.165) is 23.9 Å². The molecule has 222 valence electrons. The van der Waals surface area contributed by atoms with E-state index in [-0.39, 0.29) is 23.6 Å². The van der Waals surface area contributed by atoms with Crippen LogP contribution in [0.15, 0.2) is 0 Å². The summed E-state index contributed by atoms with van der Waals surface area (Å²) in [6, 6.07) is 0. The van der Waals surface area contributed by atoms with Gasteiger partial charge in [-0.05, 0) is 6.42 Å². The number of halogens is 1. The quantitative estimate of drug-likeness (QED) is 0.0945. The SMILES string of the molecule is CCCCCCCCCCCCCCCCCCOC(C(N)=O)C(COCC[N+](C)(C)C)OC(C)=O.[Br-]. The van der Waals surface area contributed by atoms with Crippen LogP contribution < -0.4 is 22.7 Å². The van der Waals surface area contributed by atoms with Crippen molar-refractivity contribution in [3.05, 3.63) is 0 Å². The summed E-state index contributed by atoms with van der Waals surface area (Å²) in [5.74, 6) is -1.11. The van der Waals surface area contributed by atoms with Crippen molar-refractivity contribution in [1.82, 2.24) is 0 Å². The molecule has 0 heterocycles. The van der Waals surface area contributed by atoms with Crippen molar-refractivity contribution in [3.8, 4) is 0 Å². The van der Waals surface area contributed by atoms with Gasteiger partial charge in [-0.2, -0.15) is 0 Å². The van der Waals surface area contributed by atoms with Gasteiger partial charge < -0.3 is 41.4 Å². The molecular formula is C29H59BrN2O5. The van der Waals surface area contributed by atoms with E-state index in [9.17, 15) is 9.59 Å². The maximum absolute atomic E-state index is 12.0. The van der Waals surface area contributed by atoms with E-state index >= 15 is 0 Å². The van der Waals surface area contributed by atoms with Crippen molar-refractivity contribution in [3.63, 3.8) is 0 Å². The van der Waals surface area contributed by atoms with Crippen molar-refractivity contribution >= 4 is 11.9 Å². The summed E-state index contributed by atoms with van der Waals surface area (Å²) in [6.45, 7) is 5.38. The summed E-state index contributed by atoms with van der Waals surface area (Å²) >= 11 is 0. The third-order valence-corrected chi connectivity index (χ3v) is 6.42. The number of rotatable bonds is 26. The van der Waals surface area contributed by atoms with E-state index in [1.54, 1.807) is 0 Å². The fraction of sp³-hybridized carbons (Fsp3) is 0.931. The van der Waals surface area contributed by atoms with E-state index in [1.807, 2.05) is 0 Å². The number of quaternary nitrogens is 1. The Bertz CT molecular complexity index is 543. The number of likely N-dealkylation sites (N-methyl/N-ethyl adjacent to an activating group) is 1. The molecule has 0 aromatic heterocycles. The highest BCUT2D eigenvalue weighted by Crippen LogP contribution is 2.14. The number of hydrogen-bond acceptors (Lipinski definition) is 5. The zero-order chi connectivity index (χ0) is 27.1. The summed E-state index contributed by atoms with van der Waals surface area (Å²) in [4.78, 5) is 23.5. The van der Waals surface area contributed by atoms with Crippen LogP contribution in [-0.4, -0.2) is 76.1 Å². The van der Waals surface area contributed by atoms with Crippen LogP contribution in [0.25, 0.3) is 0 Å². The molecule has 0 aromatic rings. The molecule has 0 saturated carbocycles. The highest BCUT2D eigenvalue weighted by molar-refractivity contribution is 5.80. The summed E-state index contributed by atoms with van der Waals surface area (Å²) in [6.07, 6.45) is 19.0. The number of esters is 1. The largest absolute Gasteiger partial charge is 1.00 e. The highest BCUT2D eigenvalue weighted by Gasteiger charge is 2.30. The predicted octanol–water partition coefficient (Wildman–Crippen LogP) is 2.78. The van der Waals surface area contributed by atoms with Crippen LogP contribution >= 0.6 is 0 Å². The van der Waals surface area contributed by atoms with Crippen LogP contribution in [0.5, 0.6) is 0 Å². The minimum Gasteiger partial charge on any atom is -1.00 e. The first-order valence-corrected chi connectivity index (χ1v) is 14.6. The number of ether oxygens (including phenoxy) is 3. The molecule has 37 heavy (non-hydrogen) atoms. The Balaban J connectivity index is 0. The van der Waals surface area contributed by atoms with Gasteiger partial charge in [-0.1, -0.05) is 103 Å². The Morgan fingerprint density at radius 3 is 1.54 bits per heavy atom. The van der Waals surface area contributed by atoms with Crippen LogP contribution in [0.3, 0.4) is 0 Å². The van der Waals surface area contributed by atoms with Crippen LogP contribution in [0.4, 0.5) is 0 Å². The first-order valence-electron chi connectivity index (χ1n) is 14.6. The van der Waals surface area contributed by atoms with Crippen molar-refractivity contribution in [2.24, 2.45) is 5.73 Å². The van der Waals surface area contributed by atoms with Crippen molar-refractivity contribution in [2.45, 2.75) is 129 Å². The fourth-order valence-corrected chi connectivity index (χ4v) is 4.17. The van der Waals surface area contributed by atoms with E-state index in [0.29, 0.717) is 13.2 Å². The maximum atomic E-state index is 12.0. The lowest BCUT2D eigenvalue weighted by atomic mass is 10.0. The smallest absolute Gasteiger partial charge is 0.303 e. The predicted molar refractivity (Wildman–Crippen MR) is 148 cm³/mol. The molecule has 0 aromatic carbocycles. The molecule has 0 aliphatic carbocycles. The number of hydrogen-bond donors (Lipinski definition) is 1. The normalized spacial score (nSPS) is 13.1. The molecule has 8 heteroatoms. The molecule has 0 rings (SSSR count). The van der Waals surface area contributed by atoms with Crippen molar-refractivity contribution in [2.75, 3.05) is 47.5 Å². The minimum absolute atomic E-state index is 0. The van der Waals surface area contributed by atoms with Crippen LogP contribution in [0, 0.1) is 0 Å². The molecular weight excluding hydrogens is 536 g/mol. The van der Waals surface area contributed by atoms with Crippen LogP contribution in [0.1, 0.15) is 117 Å². The molecule has 0 aliphatic heterocycles. The monoisotopic (exact) mass is 594 g/mol. The second-order valence-electron chi connectivity index (χ2n) is 11.2. The van der Waals surface area contributed by atoms with Gasteiger partial charge in [0.1, 0.15) is 6.54 Å². The Kier molecular flexibility index (Phi) is 26.6. The van der Waals surface area contributed by atoms with Gasteiger partial charge in [0.2, 0.25) is 0 Å². The number of nitrogens with zero attached hydrogens (tertiary/aromatic N) is 1. The number of unbranched alkanes of at least 4 members (excludes halogenated alkanes) is 15. The minimum atomic E-state index is -0.991. The van der Waals surface area contributed by atoms with Gasteiger partial charge in [0.05, 0.1) is 34.4 Å². The lowest BCUT2D eigenvalue weighted by molar-refractivity contribution is -0.870. The first-order chi connectivity index (χ1) is 17.2. The van der Waals surface area contributed by atoms with Gasteiger partial charge in [-0.3, -0.25) is 9.59 Å². The summed E-state index contributed by atoms with van der Waals surface area (Å²) in [7, 11) is 6.21. The average molecular weight is 596 g/mol. The number of primary amides is 1. The third-order valence-electron chi connectivity index (χ3n) is 6.42. The standard InChI is InChI=1S/C29H58N2O5.BrH/c1-6-7-8-9-10-11-12-13-14-15-16-17-18-19-20-21-23-35-28(29(30)33)27(36-26(2)32)25-34-24-22-31(3,4)5;/h27-28H,6-25H2,1-5H3,(H-,30,33);1H. The van der Waals surface area contributed by atoms with Gasteiger partial charge in [-0.25, -0.2) is 0 Å². The molecule has 2 atom stereocenters. The Labute approximate surface area is 238 Å².